The van der Waals surface area contributed by atoms with Gasteiger partial charge >= 0.3 is 5.97 Å². The Hall–Kier alpha value is -2.18. The van der Waals surface area contributed by atoms with Gasteiger partial charge in [-0.1, -0.05) is 0 Å². The fourth-order valence-electron chi connectivity index (χ4n) is 1.51. The molecule has 0 aliphatic rings. The molecule has 1 amide bonds. The van der Waals surface area contributed by atoms with E-state index in [1.807, 2.05) is 20.8 Å². The van der Waals surface area contributed by atoms with Gasteiger partial charge in [0.2, 0.25) is 5.95 Å². The summed E-state index contributed by atoms with van der Waals surface area (Å²) in [6.07, 6.45) is 2.33. The van der Waals surface area contributed by atoms with Crippen LogP contribution in [0, 0.1) is 0 Å². The van der Waals surface area contributed by atoms with E-state index in [4.69, 9.17) is 4.74 Å². The molecule has 0 aliphatic carbocycles. The van der Waals surface area contributed by atoms with Crippen molar-refractivity contribution in [3.63, 3.8) is 0 Å². The number of ether oxygens (including phenoxy) is 1. The van der Waals surface area contributed by atoms with E-state index in [-0.39, 0.29) is 18.0 Å². The number of nitrogens with one attached hydrogen (secondary N) is 1. The highest BCUT2D eigenvalue weighted by atomic mass is 16.5. The number of carbonyl (C=O) groups is 2. The molecule has 0 saturated heterocycles. The summed E-state index contributed by atoms with van der Waals surface area (Å²) in [6.45, 7) is 7.09. The van der Waals surface area contributed by atoms with E-state index in [0.717, 1.165) is 0 Å². The van der Waals surface area contributed by atoms with Gasteiger partial charge in [-0.25, -0.2) is 9.97 Å². The van der Waals surface area contributed by atoms with Crippen LogP contribution in [0.25, 0.3) is 0 Å². The molecular weight excluding hydrogens is 272 g/mol. The summed E-state index contributed by atoms with van der Waals surface area (Å²) in [5.41, 5.74) is -0.369. The van der Waals surface area contributed by atoms with Crippen LogP contribution in [0.1, 0.15) is 27.7 Å². The van der Waals surface area contributed by atoms with Crippen molar-refractivity contribution >= 4 is 17.8 Å². The van der Waals surface area contributed by atoms with E-state index >= 15 is 0 Å². The number of rotatable bonds is 5. The maximum absolute atomic E-state index is 11.8. The molecule has 0 aliphatic heterocycles. The molecular formula is C14H22N4O3. The lowest BCUT2D eigenvalue weighted by atomic mass is 10.1. The normalized spacial score (nSPS) is 12.4. The van der Waals surface area contributed by atoms with Crippen molar-refractivity contribution in [1.82, 2.24) is 15.3 Å². The number of likely N-dealkylation sites (N-methyl/N-ethyl adjacent to an activating group) is 1. The molecule has 7 heteroatoms. The second kappa shape index (κ2) is 7.01. The summed E-state index contributed by atoms with van der Waals surface area (Å²) in [6, 6.07) is 1.69. The smallest absolute Gasteiger partial charge is 0.326 e. The molecule has 0 aromatic carbocycles. The molecule has 21 heavy (non-hydrogen) atoms. The fourth-order valence-corrected chi connectivity index (χ4v) is 1.51. The second-order valence-electron chi connectivity index (χ2n) is 5.78. The van der Waals surface area contributed by atoms with Crippen molar-refractivity contribution in [1.29, 1.82) is 0 Å². The quantitative estimate of drug-likeness (QED) is 0.807. The Morgan fingerprint density at radius 3 is 2.43 bits per heavy atom. The lowest BCUT2D eigenvalue weighted by Crippen LogP contribution is -2.46. The Kier molecular flexibility index (Phi) is 5.63. The van der Waals surface area contributed by atoms with Gasteiger partial charge in [0.15, 0.2) is 6.10 Å². The summed E-state index contributed by atoms with van der Waals surface area (Å²) >= 11 is 0. The van der Waals surface area contributed by atoms with Crippen LogP contribution in [-0.2, 0) is 14.3 Å². The summed E-state index contributed by atoms with van der Waals surface area (Å²) in [7, 11) is 1.68. The molecule has 1 rings (SSSR count). The molecule has 1 aromatic heterocycles. The molecule has 0 unspecified atom stereocenters. The topological polar surface area (TPSA) is 84.4 Å². The van der Waals surface area contributed by atoms with Crippen LogP contribution in [0.3, 0.4) is 0 Å². The van der Waals surface area contributed by atoms with Crippen LogP contribution in [-0.4, -0.2) is 47.1 Å². The second-order valence-corrected chi connectivity index (χ2v) is 5.78. The SMILES string of the molecule is C[C@@H](OC(=O)CN(C)c1ncccn1)C(=O)NC(C)(C)C. The van der Waals surface area contributed by atoms with Crippen LogP contribution < -0.4 is 10.2 Å². The molecule has 116 valence electrons. The third-order valence-electron chi connectivity index (χ3n) is 2.44. The summed E-state index contributed by atoms with van der Waals surface area (Å²) in [5.74, 6) is -0.419. The van der Waals surface area contributed by atoms with Crippen molar-refractivity contribution in [2.24, 2.45) is 0 Å². The van der Waals surface area contributed by atoms with Crippen LogP contribution in [0.2, 0.25) is 0 Å². The standard InChI is InChI=1S/C14H22N4O3/c1-10(12(20)17-14(2,3)4)21-11(19)9-18(5)13-15-7-6-8-16-13/h6-8,10H,9H2,1-5H3,(H,17,20)/t10-/m1/s1. The van der Waals surface area contributed by atoms with E-state index in [2.05, 4.69) is 15.3 Å². The molecule has 1 heterocycles. The lowest BCUT2D eigenvalue weighted by Gasteiger charge is -2.23. The van der Waals surface area contributed by atoms with Gasteiger partial charge in [0.05, 0.1) is 0 Å². The van der Waals surface area contributed by atoms with Gasteiger partial charge in [0.1, 0.15) is 6.54 Å². The molecule has 0 bridgehead atoms. The average Bonchev–Trinajstić information content (AvgIpc) is 2.37. The average molecular weight is 294 g/mol. The Morgan fingerprint density at radius 2 is 1.90 bits per heavy atom. The molecule has 0 radical (unpaired) electrons. The molecule has 0 fully saturated rings. The van der Waals surface area contributed by atoms with Gasteiger partial charge in [0, 0.05) is 25.0 Å². The Labute approximate surface area is 124 Å². The third kappa shape index (κ3) is 6.20. The maximum atomic E-state index is 11.8. The Bertz CT molecular complexity index is 485. The van der Waals surface area contributed by atoms with E-state index in [0.29, 0.717) is 5.95 Å². The summed E-state index contributed by atoms with van der Waals surface area (Å²) < 4.78 is 5.10. The predicted octanol–water partition coefficient (Wildman–Crippen LogP) is 0.759. The number of amides is 1. The van der Waals surface area contributed by atoms with Gasteiger partial charge in [-0.05, 0) is 33.8 Å². The van der Waals surface area contributed by atoms with Crippen LogP contribution in [0.15, 0.2) is 18.5 Å². The van der Waals surface area contributed by atoms with Crippen LogP contribution in [0.4, 0.5) is 5.95 Å². The fraction of sp³-hybridized carbons (Fsp3) is 0.571. The first-order valence-electron chi connectivity index (χ1n) is 6.68. The summed E-state index contributed by atoms with van der Waals surface area (Å²) in [4.78, 5) is 33.2. The zero-order chi connectivity index (χ0) is 16.0. The molecule has 1 N–H and O–H groups in total. The Morgan fingerprint density at radius 1 is 1.33 bits per heavy atom. The predicted molar refractivity (Wildman–Crippen MR) is 78.8 cm³/mol. The minimum absolute atomic E-state index is 0.0306. The van der Waals surface area contributed by atoms with Gasteiger partial charge in [0.25, 0.3) is 5.91 Å². The number of aromatic nitrogens is 2. The number of hydrogen-bond donors (Lipinski definition) is 1. The highest BCUT2D eigenvalue weighted by Gasteiger charge is 2.23. The van der Waals surface area contributed by atoms with Crippen molar-refractivity contribution in [3.05, 3.63) is 18.5 Å². The minimum Gasteiger partial charge on any atom is -0.451 e. The third-order valence-corrected chi connectivity index (χ3v) is 2.44. The number of esters is 1. The first-order chi connectivity index (χ1) is 9.69. The zero-order valence-electron chi connectivity index (χ0n) is 13.1. The molecule has 0 saturated carbocycles. The molecule has 0 spiro atoms. The number of hydrogen-bond acceptors (Lipinski definition) is 6. The van der Waals surface area contributed by atoms with E-state index in [1.165, 1.54) is 6.92 Å². The van der Waals surface area contributed by atoms with Crippen molar-refractivity contribution in [2.75, 3.05) is 18.5 Å². The van der Waals surface area contributed by atoms with Crippen LogP contribution in [0.5, 0.6) is 0 Å². The van der Waals surface area contributed by atoms with E-state index in [9.17, 15) is 9.59 Å². The van der Waals surface area contributed by atoms with Crippen molar-refractivity contribution < 1.29 is 14.3 Å². The number of nitrogens with zero attached hydrogens (tertiary/aromatic N) is 3. The van der Waals surface area contributed by atoms with Gasteiger partial charge in [-0.2, -0.15) is 0 Å². The largest absolute Gasteiger partial charge is 0.451 e. The van der Waals surface area contributed by atoms with Crippen molar-refractivity contribution in [3.8, 4) is 0 Å². The highest BCUT2D eigenvalue weighted by Crippen LogP contribution is 2.04. The van der Waals surface area contributed by atoms with Crippen molar-refractivity contribution in [2.45, 2.75) is 39.3 Å². The minimum atomic E-state index is -0.846. The van der Waals surface area contributed by atoms with Crippen LogP contribution >= 0.6 is 0 Å². The van der Waals surface area contributed by atoms with Gasteiger partial charge in [-0.3, -0.25) is 9.59 Å². The number of carbonyl (C=O) groups excluding carboxylic acids is 2. The number of anilines is 1. The van der Waals surface area contributed by atoms with E-state index < -0.39 is 12.1 Å². The lowest BCUT2D eigenvalue weighted by molar-refractivity contribution is -0.154. The van der Waals surface area contributed by atoms with E-state index in [1.54, 1.807) is 30.4 Å². The summed E-state index contributed by atoms with van der Waals surface area (Å²) in [5, 5.41) is 2.75. The molecule has 1 atom stereocenters. The first-order valence-corrected chi connectivity index (χ1v) is 6.68. The zero-order valence-corrected chi connectivity index (χ0v) is 13.1. The van der Waals surface area contributed by atoms with Gasteiger partial charge in [-0.15, -0.1) is 0 Å². The first kappa shape index (κ1) is 16.9. The Balaban J connectivity index is 2.48. The van der Waals surface area contributed by atoms with Gasteiger partial charge < -0.3 is 15.0 Å². The monoisotopic (exact) mass is 294 g/mol. The highest BCUT2D eigenvalue weighted by molar-refractivity contribution is 5.84. The molecule has 1 aromatic rings. The maximum Gasteiger partial charge on any atom is 0.326 e. The molecule has 7 nitrogen and oxygen atoms in total.